The van der Waals surface area contributed by atoms with Gasteiger partial charge in [0, 0.05) is 39.1 Å². The average molecular weight is 341 g/mol. The maximum Gasteiger partial charge on any atom is 0.264 e. The van der Waals surface area contributed by atoms with Crippen LogP contribution in [0.3, 0.4) is 0 Å². The molecule has 1 unspecified atom stereocenters. The zero-order chi connectivity index (χ0) is 16.9. The Morgan fingerprint density at radius 3 is 2.88 bits per heavy atom. The van der Waals surface area contributed by atoms with Crippen molar-refractivity contribution >= 4 is 17.2 Å². The molecule has 0 bridgehead atoms. The second-order valence-corrected chi connectivity index (χ2v) is 7.15. The van der Waals surface area contributed by atoms with E-state index in [0.717, 1.165) is 30.9 Å². The van der Waals surface area contributed by atoms with Crippen molar-refractivity contribution in [3.63, 3.8) is 0 Å². The van der Waals surface area contributed by atoms with Gasteiger partial charge in [-0.2, -0.15) is 0 Å². The van der Waals surface area contributed by atoms with Crippen molar-refractivity contribution in [3.8, 4) is 0 Å². The minimum Gasteiger partial charge on any atom is -0.335 e. The Hall–Kier alpha value is -1.98. The SMILES string of the molecule is CC(C1=CCCN(Cc2ccncc2)C1)N(C)C(=O)c1cccs1. The Balaban J connectivity index is 1.63. The fourth-order valence-corrected chi connectivity index (χ4v) is 3.72. The van der Waals surface area contributed by atoms with E-state index in [2.05, 4.69) is 35.0 Å². The van der Waals surface area contributed by atoms with Crippen molar-refractivity contribution in [2.24, 2.45) is 0 Å². The maximum atomic E-state index is 12.6. The second kappa shape index (κ2) is 7.73. The van der Waals surface area contributed by atoms with Crippen LogP contribution in [0.1, 0.15) is 28.6 Å². The van der Waals surface area contributed by atoms with Gasteiger partial charge in [0.15, 0.2) is 0 Å². The summed E-state index contributed by atoms with van der Waals surface area (Å²) in [6, 6.07) is 8.05. The van der Waals surface area contributed by atoms with Crippen molar-refractivity contribution < 1.29 is 4.79 Å². The number of carbonyl (C=O) groups is 1. The highest BCUT2D eigenvalue weighted by atomic mass is 32.1. The van der Waals surface area contributed by atoms with Crippen molar-refractivity contribution in [2.45, 2.75) is 25.9 Å². The van der Waals surface area contributed by atoms with E-state index in [9.17, 15) is 4.79 Å². The molecule has 0 aromatic carbocycles. The van der Waals surface area contributed by atoms with Gasteiger partial charge < -0.3 is 4.90 Å². The van der Waals surface area contributed by atoms with Crippen molar-refractivity contribution in [2.75, 3.05) is 20.1 Å². The molecule has 1 amide bonds. The van der Waals surface area contributed by atoms with Crippen LogP contribution in [0.25, 0.3) is 0 Å². The molecule has 4 nitrogen and oxygen atoms in total. The summed E-state index contributed by atoms with van der Waals surface area (Å²) in [6.45, 7) is 5.01. The lowest BCUT2D eigenvalue weighted by atomic mass is 10.0. The molecule has 0 aliphatic carbocycles. The summed E-state index contributed by atoms with van der Waals surface area (Å²) in [4.78, 5) is 21.7. The molecule has 0 N–H and O–H groups in total. The van der Waals surface area contributed by atoms with E-state index in [1.165, 1.54) is 22.5 Å². The molecule has 0 fully saturated rings. The molecular weight excluding hydrogens is 318 g/mol. The van der Waals surface area contributed by atoms with Gasteiger partial charge in [-0.15, -0.1) is 11.3 Å². The third kappa shape index (κ3) is 3.91. The van der Waals surface area contributed by atoms with Gasteiger partial charge in [0.1, 0.15) is 0 Å². The third-order valence-corrected chi connectivity index (χ3v) is 5.44. The average Bonchev–Trinajstić information content (AvgIpc) is 3.15. The summed E-state index contributed by atoms with van der Waals surface area (Å²) in [5.74, 6) is 0.102. The van der Waals surface area contributed by atoms with Crippen LogP contribution in [0.5, 0.6) is 0 Å². The molecule has 24 heavy (non-hydrogen) atoms. The molecule has 5 heteroatoms. The Morgan fingerprint density at radius 1 is 1.38 bits per heavy atom. The molecule has 0 radical (unpaired) electrons. The first-order valence-electron chi connectivity index (χ1n) is 8.26. The second-order valence-electron chi connectivity index (χ2n) is 6.20. The molecule has 0 saturated carbocycles. The van der Waals surface area contributed by atoms with Gasteiger partial charge in [0.2, 0.25) is 0 Å². The number of nitrogens with zero attached hydrogens (tertiary/aromatic N) is 3. The van der Waals surface area contributed by atoms with E-state index >= 15 is 0 Å². The van der Waals surface area contributed by atoms with E-state index in [1.807, 2.05) is 41.9 Å². The topological polar surface area (TPSA) is 36.4 Å². The number of pyridine rings is 1. The van der Waals surface area contributed by atoms with Crippen LogP contribution in [0.15, 0.2) is 53.7 Å². The molecule has 2 aromatic rings. The summed E-state index contributed by atoms with van der Waals surface area (Å²) < 4.78 is 0. The number of rotatable bonds is 5. The largest absolute Gasteiger partial charge is 0.335 e. The molecule has 2 aromatic heterocycles. The standard InChI is InChI=1S/C19H23N3OS/c1-15(21(2)19(23)18-6-4-12-24-18)17-5-3-11-22(14-17)13-16-7-9-20-10-8-16/h4-10,12,15H,3,11,13-14H2,1-2H3. The Labute approximate surface area is 147 Å². The number of thiophene rings is 1. The summed E-state index contributed by atoms with van der Waals surface area (Å²) >= 11 is 1.50. The molecule has 3 rings (SSSR count). The number of amides is 1. The summed E-state index contributed by atoms with van der Waals surface area (Å²) in [6.07, 6.45) is 7.01. The van der Waals surface area contributed by atoms with Gasteiger partial charge in [-0.25, -0.2) is 0 Å². The van der Waals surface area contributed by atoms with Gasteiger partial charge >= 0.3 is 0 Å². The van der Waals surface area contributed by atoms with Crippen LogP contribution in [0.4, 0.5) is 0 Å². The number of aromatic nitrogens is 1. The number of hydrogen-bond acceptors (Lipinski definition) is 4. The molecular formula is C19H23N3OS. The van der Waals surface area contributed by atoms with Crippen molar-refractivity contribution in [1.82, 2.24) is 14.8 Å². The fourth-order valence-electron chi connectivity index (χ4n) is 3.02. The van der Waals surface area contributed by atoms with E-state index in [4.69, 9.17) is 0 Å². The lowest BCUT2D eigenvalue weighted by molar-refractivity contribution is 0.0761. The minimum absolute atomic E-state index is 0.102. The highest BCUT2D eigenvalue weighted by Crippen LogP contribution is 2.21. The van der Waals surface area contributed by atoms with Gasteiger partial charge in [-0.3, -0.25) is 14.7 Å². The Kier molecular flexibility index (Phi) is 5.43. The molecule has 0 spiro atoms. The van der Waals surface area contributed by atoms with E-state index in [1.54, 1.807) is 0 Å². The molecule has 1 aliphatic rings. The monoisotopic (exact) mass is 341 g/mol. The number of likely N-dealkylation sites (N-methyl/N-ethyl adjacent to an activating group) is 1. The highest BCUT2D eigenvalue weighted by molar-refractivity contribution is 7.12. The molecule has 0 saturated heterocycles. The van der Waals surface area contributed by atoms with Crippen molar-refractivity contribution in [1.29, 1.82) is 0 Å². The predicted octanol–water partition coefficient (Wildman–Crippen LogP) is 3.44. The zero-order valence-corrected chi connectivity index (χ0v) is 15.0. The van der Waals surface area contributed by atoms with Gasteiger partial charge in [0.05, 0.1) is 10.9 Å². The van der Waals surface area contributed by atoms with Crippen LogP contribution in [0.2, 0.25) is 0 Å². The molecule has 126 valence electrons. The van der Waals surface area contributed by atoms with Crippen LogP contribution in [-0.2, 0) is 6.54 Å². The maximum absolute atomic E-state index is 12.6. The van der Waals surface area contributed by atoms with E-state index in [0.29, 0.717) is 0 Å². The van der Waals surface area contributed by atoms with Crippen LogP contribution in [0, 0.1) is 0 Å². The highest BCUT2D eigenvalue weighted by Gasteiger charge is 2.24. The Bertz CT molecular complexity index is 697. The van der Waals surface area contributed by atoms with Crippen LogP contribution < -0.4 is 0 Å². The van der Waals surface area contributed by atoms with E-state index in [-0.39, 0.29) is 11.9 Å². The molecule has 1 aliphatic heterocycles. The molecule has 1 atom stereocenters. The number of hydrogen-bond donors (Lipinski definition) is 0. The first-order valence-corrected chi connectivity index (χ1v) is 9.14. The van der Waals surface area contributed by atoms with Gasteiger partial charge in [-0.05, 0) is 48.1 Å². The van der Waals surface area contributed by atoms with Crippen molar-refractivity contribution in [3.05, 3.63) is 64.1 Å². The fraction of sp³-hybridized carbons (Fsp3) is 0.368. The zero-order valence-electron chi connectivity index (χ0n) is 14.2. The Morgan fingerprint density at radius 2 is 2.17 bits per heavy atom. The normalized spacial score (nSPS) is 16.5. The lowest BCUT2D eigenvalue weighted by Crippen LogP contribution is -2.41. The third-order valence-electron chi connectivity index (χ3n) is 4.58. The van der Waals surface area contributed by atoms with Crippen LogP contribution in [-0.4, -0.2) is 46.9 Å². The van der Waals surface area contributed by atoms with E-state index < -0.39 is 0 Å². The summed E-state index contributed by atoms with van der Waals surface area (Å²) in [7, 11) is 1.90. The number of carbonyl (C=O) groups excluding carboxylic acids is 1. The van der Waals surface area contributed by atoms with Gasteiger partial charge in [0.25, 0.3) is 5.91 Å². The lowest BCUT2D eigenvalue weighted by Gasteiger charge is -2.33. The quantitative estimate of drug-likeness (QED) is 0.782. The summed E-state index contributed by atoms with van der Waals surface area (Å²) in [5.41, 5.74) is 2.60. The first kappa shape index (κ1) is 16.9. The summed E-state index contributed by atoms with van der Waals surface area (Å²) in [5, 5.41) is 1.95. The first-order chi connectivity index (χ1) is 11.6. The van der Waals surface area contributed by atoms with Gasteiger partial charge in [-0.1, -0.05) is 12.1 Å². The molecule has 3 heterocycles. The van der Waals surface area contributed by atoms with Crippen LogP contribution >= 0.6 is 11.3 Å². The minimum atomic E-state index is 0.102. The smallest absolute Gasteiger partial charge is 0.264 e. The predicted molar refractivity (Wildman–Crippen MR) is 98.1 cm³/mol.